The zero-order valence-corrected chi connectivity index (χ0v) is 25.7. The summed E-state index contributed by atoms with van der Waals surface area (Å²) in [4.78, 5) is 6.34. The highest BCUT2D eigenvalue weighted by Crippen LogP contribution is 2.38. The highest BCUT2D eigenvalue weighted by atomic mass is 19.4. The molecular formula is C29H41F4N7O2. The van der Waals surface area contributed by atoms with E-state index in [4.69, 9.17) is 9.47 Å². The molecule has 9 nitrogen and oxygen atoms in total. The van der Waals surface area contributed by atoms with Gasteiger partial charge in [-0.25, -0.2) is 9.07 Å². The number of nitrogens with zero attached hydrogens (tertiary/aromatic N) is 6. The Labute approximate surface area is 244 Å². The Hall–Kier alpha value is -3.77. The van der Waals surface area contributed by atoms with Crippen LogP contribution in [0.1, 0.15) is 72.5 Å². The van der Waals surface area contributed by atoms with E-state index in [1.165, 1.54) is 6.07 Å². The summed E-state index contributed by atoms with van der Waals surface area (Å²) >= 11 is 0. The van der Waals surface area contributed by atoms with Gasteiger partial charge in [-0.3, -0.25) is 4.68 Å². The van der Waals surface area contributed by atoms with Crippen molar-refractivity contribution in [2.45, 2.75) is 90.9 Å². The first-order valence-corrected chi connectivity index (χ1v) is 13.6. The van der Waals surface area contributed by atoms with Crippen LogP contribution in [0.5, 0.6) is 0 Å². The van der Waals surface area contributed by atoms with Gasteiger partial charge in [0.1, 0.15) is 35.5 Å². The lowest BCUT2D eigenvalue weighted by molar-refractivity contribution is -0.141. The van der Waals surface area contributed by atoms with Gasteiger partial charge >= 0.3 is 6.18 Å². The van der Waals surface area contributed by atoms with E-state index in [9.17, 15) is 13.2 Å². The number of anilines is 1. The van der Waals surface area contributed by atoms with Gasteiger partial charge in [0.25, 0.3) is 6.02 Å². The van der Waals surface area contributed by atoms with Crippen LogP contribution in [0.2, 0.25) is 0 Å². The molecule has 3 rings (SSSR count). The Morgan fingerprint density at radius 2 is 1.74 bits per heavy atom. The van der Waals surface area contributed by atoms with Crippen LogP contribution in [0.15, 0.2) is 48.0 Å². The Kier molecular flexibility index (Phi) is 9.53. The number of nitrogens with one attached hydrogen (secondary N) is 1. The molecule has 0 aliphatic heterocycles. The summed E-state index contributed by atoms with van der Waals surface area (Å²) in [5.74, 6) is -0.398. The minimum absolute atomic E-state index is 0.00621. The fourth-order valence-corrected chi connectivity index (χ4v) is 4.65. The van der Waals surface area contributed by atoms with Crippen molar-refractivity contribution in [2.24, 2.45) is 4.99 Å². The summed E-state index contributed by atoms with van der Waals surface area (Å²) in [6.07, 6.45) is -2.02. The third-order valence-corrected chi connectivity index (χ3v) is 6.21. The molecule has 0 saturated carbocycles. The molecule has 13 heteroatoms. The number of rotatable bonds is 9. The number of aromatic nitrogens is 4. The van der Waals surface area contributed by atoms with Crippen molar-refractivity contribution in [2.75, 3.05) is 19.4 Å². The zero-order valence-electron chi connectivity index (χ0n) is 25.7. The predicted molar refractivity (Wildman–Crippen MR) is 156 cm³/mol. The Balaban J connectivity index is 2.22. The lowest BCUT2D eigenvalue weighted by Crippen LogP contribution is -2.43. The third kappa shape index (κ3) is 8.16. The summed E-state index contributed by atoms with van der Waals surface area (Å²) in [7, 11) is 3.50. The first-order chi connectivity index (χ1) is 19.3. The summed E-state index contributed by atoms with van der Waals surface area (Å²) in [6.45, 7) is 15.7. The fraction of sp³-hybridized carbons (Fsp3) is 0.552. The number of halogens is 4. The van der Waals surface area contributed by atoms with E-state index < -0.39 is 41.8 Å². The summed E-state index contributed by atoms with van der Waals surface area (Å²) in [5.41, 5.74) is -0.735. The van der Waals surface area contributed by atoms with Gasteiger partial charge in [0.05, 0.1) is 23.3 Å². The Morgan fingerprint density at radius 3 is 2.29 bits per heavy atom. The van der Waals surface area contributed by atoms with Gasteiger partial charge in [0.2, 0.25) is 5.88 Å². The van der Waals surface area contributed by atoms with Crippen LogP contribution in [-0.2, 0) is 16.0 Å². The van der Waals surface area contributed by atoms with Crippen molar-refractivity contribution in [3.8, 4) is 0 Å². The lowest BCUT2D eigenvalue weighted by Gasteiger charge is -2.38. The number of amidine groups is 1. The Bertz CT molecular complexity index is 1410. The number of hydrogen-bond acceptors (Lipinski definition) is 6. The smallest absolute Gasteiger partial charge is 0.408 e. The molecule has 3 aromatic rings. The molecule has 2 aromatic heterocycles. The van der Waals surface area contributed by atoms with Crippen LogP contribution in [0, 0.1) is 5.82 Å². The van der Waals surface area contributed by atoms with Crippen LogP contribution >= 0.6 is 0 Å². The molecule has 0 spiro atoms. The minimum atomic E-state index is -4.53. The number of likely N-dealkylation sites (N-methyl/N-ethyl adjacent to an activating group) is 1. The van der Waals surface area contributed by atoms with Gasteiger partial charge in [0.15, 0.2) is 0 Å². The van der Waals surface area contributed by atoms with Crippen molar-refractivity contribution in [3.05, 3.63) is 54.4 Å². The number of alkyl halides is 3. The van der Waals surface area contributed by atoms with Crippen LogP contribution in [-0.4, -0.2) is 62.0 Å². The lowest BCUT2D eigenvalue weighted by atomic mass is 9.91. The van der Waals surface area contributed by atoms with Crippen molar-refractivity contribution >= 4 is 22.7 Å². The molecule has 1 unspecified atom stereocenters. The largest absolute Gasteiger partial charge is 0.472 e. The summed E-state index contributed by atoms with van der Waals surface area (Å²) < 4.78 is 69.9. The van der Waals surface area contributed by atoms with Gasteiger partial charge in [-0.15, -0.1) is 0 Å². The number of aliphatic imine (C=N–C) groups is 1. The second-order valence-corrected chi connectivity index (χ2v) is 12.0. The van der Waals surface area contributed by atoms with Crippen LogP contribution < -0.4 is 5.32 Å². The molecule has 2 atom stereocenters. The van der Waals surface area contributed by atoms with Crippen molar-refractivity contribution in [3.63, 3.8) is 0 Å². The third-order valence-electron chi connectivity index (χ3n) is 6.21. The SMILES string of the molecule is C=C(/N=C(/OC(C)(C)C)N(C)C([C@@H](CC)c1cc(F)c2cnn(CC(F)(F)F)c2c1)n1nccc1NC)OC(C)(C)C. The van der Waals surface area contributed by atoms with Crippen molar-refractivity contribution in [1.29, 1.82) is 0 Å². The number of benzene rings is 1. The van der Waals surface area contributed by atoms with E-state index in [1.807, 2.05) is 48.5 Å². The second-order valence-electron chi connectivity index (χ2n) is 12.0. The van der Waals surface area contributed by atoms with E-state index in [0.29, 0.717) is 17.8 Å². The van der Waals surface area contributed by atoms with Gasteiger partial charge in [0, 0.05) is 26.1 Å². The number of ether oxygens (including phenoxy) is 2. The topological polar surface area (TPSA) is 81.7 Å². The van der Waals surface area contributed by atoms with E-state index in [-0.39, 0.29) is 22.8 Å². The first-order valence-electron chi connectivity index (χ1n) is 13.6. The monoisotopic (exact) mass is 595 g/mol. The maximum absolute atomic E-state index is 15.4. The maximum Gasteiger partial charge on any atom is 0.408 e. The highest BCUT2D eigenvalue weighted by molar-refractivity contribution is 5.80. The van der Waals surface area contributed by atoms with Gasteiger partial charge in [-0.1, -0.05) is 6.92 Å². The summed E-state index contributed by atoms with van der Waals surface area (Å²) in [5, 5.41) is 11.5. The molecule has 0 aliphatic carbocycles. The highest BCUT2D eigenvalue weighted by Gasteiger charge is 2.35. The van der Waals surface area contributed by atoms with Gasteiger partial charge in [-0.2, -0.15) is 28.4 Å². The molecule has 0 aliphatic rings. The molecule has 1 aromatic carbocycles. The molecule has 232 valence electrons. The summed E-state index contributed by atoms with van der Waals surface area (Å²) in [6, 6.07) is 4.83. The van der Waals surface area contributed by atoms with E-state index in [0.717, 1.165) is 10.9 Å². The molecule has 0 radical (unpaired) electrons. The standard InChI is InChI=1S/C29H41F4N7O2/c1-11-20(19-14-22(30)21-16-36-39(23(21)15-19)17-29(31,32)33)25(40-24(34-9)12-13-35-40)38(10)26(42-28(6,7)8)37-18(2)41-27(3,4)5/h12-16,20,25,34H,2,11,17H2,1,3-10H3/b37-26+/t20-,25?/m0/s1. The van der Waals surface area contributed by atoms with Crippen molar-refractivity contribution < 1.29 is 27.0 Å². The van der Waals surface area contributed by atoms with Crippen molar-refractivity contribution in [1.82, 2.24) is 24.5 Å². The molecular weight excluding hydrogens is 554 g/mol. The average Bonchev–Trinajstić information content (AvgIpc) is 3.45. The van der Waals surface area contributed by atoms with Gasteiger partial charge < -0.3 is 19.7 Å². The molecule has 2 heterocycles. The van der Waals surface area contributed by atoms with E-state index >= 15 is 4.39 Å². The van der Waals surface area contributed by atoms with E-state index in [2.05, 4.69) is 27.1 Å². The van der Waals surface area contributed by atoms with Crippen LogP contribution in [0.25, 0.3) is 10.9 Å². The molecule has 0 amide bonds. The minimum Gasteiger partial charge on any atom is -0.472 e. The van der Waals surface area contributed by atoms with Crippen LogP contribution in [0.3, 0.4) is 0 Å². The molecule has 0 bridgehead atoms. The second kappa shape index (κ2) is 12.2. The Morgan fingerprint density at radius 1 is 1.10 bits per heavy atom. The molecule has 1 N–H and O–H groups in total. The zero-order chi connectivity index (χ0) is 31.6. The number of hydrogen-bond donors (Lipinski definition) is 1. The normalized spacial score (nSPS) is 14.5. The van der Waals surface area contributed by atoms with Gasteiger partial charge in [-0.05, 0) is 72.2 Å². The first kappa shape index (κ1) is 32.7. The van der Waals surface area contributed by atoms with Crippen LogP contribution in [0.4, 0.5) is 23.4 Å². The molecule has 0 saturated heterocycles. The average molecular weight is 596 g/mol. The fourth-order valence-electron chi connectivity index (χ4n) is 4.65. The number of fused-ring (bicyclic) bond motifs is 1. The molecule has 0 fully saturated rings. The quantitative estimate of drug-likeness (QED) is 0.124. The molecule has 42 heavy (non-hydrogen) atoms. The predicted octanol–water partition coefficient (Wildman–Crippen LogP) is 7.06. The van der Waals surface area contributed by atoms with E-state index in [1.54, 1.807) is 42.0 Å². The maximum atomic E-state index is 15.4.